The minimum Gasteiger partial charge on any atom is -0.377 e. The Morgan fingerprint density at radius 3 is 3.00 bits per heavy atom. The molecule has 1 saturated heterocycles. The molecule has 1 aromatic rings. The number of ether oxygens (including phenoxy) is 1. The monoisotopic (exact) mass is 324 g/mol. The molecule has 0 radical (unpaired) electrons. The summed E-state index contributed by atoms with van der Waals surface area (Å²) in [4.78, 5) is 26.8. The Hall–Kier alpha value is -1.40. The zero-order chi connectivity index (χ0) is 15.9. The molecule has 2 rings (SSSR count). The lowest BCUT2D eigenvalue weighted by Crippen LogP contribution is -2.44. The van der Waals surface area contributed by atoms with Gasteiger partial charge in [0.2, 0.25) is 11.8 Å². The smallest absolute Gasteiger partial charge is 0.225 e. The van der Waals surface area contributed by atoms with Gasteiger partial charge < -0.3 is 15.0 Å². The summed E-state index contributed by atoms with van der Waals surface area (Å²) < 4.78 is 5.64. The van der Waals surface area contributed by atoms with E-state index < -0.39 is 0 Å². The van der Waals surface area contributed by atoms with Crippen molar-refractivity contribution < 1.29 is 14.3 Å². The molecular weight excluding hydrogens is 300 g/mol. The maximum Gasteiger partial charge on any atom is 0.225 e. The molecule has 1 N–H and O–H groups in total. The van der Waals surface area contributed by atoms with Crippen LogP contribution in [0.5, 0.6) is 0 Å². The fourth-order valence-corrected chi connectivity index (χ4v) is 3.58. The summed E-state index contributed by atoms with van der Waals surface area (Å²) in [5.74, 6) is -0.0337. The number of rotatable bonds is 6. The van der Waals surface area contributed by atoms with Gasteiger partial charge in [-0.25, -0.2) is 0 Å². The number of amides is 2. The average molecular weight is 324 g/mol. The molecule has 2 atom stereocenters. The van der Waals surface area contributed by atoms with E-state index in [2.05, 4.69) is 5.32 Å². The van der Waals surface area contributed by atoms with E-state index in [9.17, 15) is 9.59 Å². The Morgan fingerprint density at radius 1 is 1.55 bits per heavy atom. The Morgan fingerprint density at radius 2 is 2.36 bits per heavy atom. The summed E-state index contributed by atoms with van der Waals surface area (Å²) in [6.45, 7) is 5.57. The average Bonchev–Trinajstić information content (AvgIpc) is 3.01. The molecule has 0 aliphatic carbocycles. The molecule has 0 saturated carbocycles. The zero-order valence-electron chi connectivity index (χ0n) is 13.2. The highest BCUT2D eigenvalue weighted by Gasteiger charge is 2.26. The molecule has 5 nitrogen and oxygen atoms in total. The summed E-state index contributed by atoms with van der Waals surface area (Å²) in [6, 6.07) is 3.65. The van der Waals surface area contributed by atoms with Gasteiger partial charge in [-0.15, -0.1) is 11.3 Å². The molecule has 122 valence electrons. The number of nitrogens with one attached hydrogen (secondary N) is 1. The van der Waals surface area contributed by atoms with Crippen LogP contribution in [0.4, 0.5) is 0 Å². The third kappa shape index (κ3) is 4.81. The van der Waals surface area contributed by atoms with Crippen LogP contribution in [0.2, 0.25) is 0 Å². The molecule has 1 fully saturated rings. The highest BCUT2D eigenvalue weighted by Crippen LogP contribution is 2.24. The normalized spacial score (nSPS) is 19.7. The van der Waals surface area contributed by atoms with E-state index in [4.69, 9.17) is 4.74 Å². The van der Waals surface area contributed by atoms with Gasteiger partial charge in [0.25, 0.3) is 0 Å². The van der Waals surface area contributed by atoms with Crippen LogP contribution in [0.25, 0.3) is 0 Å². The van der Waals surface area contributed by atoms with E-state index in [0.717, 1.165) is 24.3 Å². The van der Waals surface area contributed by atoms with Crippen LogP contribution in [-0.4, -0.2) is 42.5 Å². The topological polar surface area (TPSA) is 58.6 Å². The molecule has 2 amide bonds. The van der Waals surface area contributed by atoms with Gasteiger partial charge in [-0.2, -0.15) is 0 Å². The first kappa shape index (κ1) is 17.0. The molecule has 6 heteroatoms. The van der Waals surface area contributed by atoms with Crippen molar-refractivity contribution in [3.8, 4) is 0 Å². The van der Waals surface area contributed by atoms with Gasteiger partial charge in [0.1, 0.15) is 0 Å². The minimum atomic E-state index is -0.238. The van der Waals surface area contributed by atoms with Crippen molar-refractivity contribution in [3.63, 3.8) is 0 Å². The molecule has 1 aliphatic heterocycles. The van der Waals surface area contributed by atoms with E-state index in [-0.39, 0.29) is 24.0 Å². The Balaban J connectivity index is 1.96. The van der Waals surface area contributed by atoms with Gasteiger partial charge in [0, 0.05) is 31.5 Å². The Bertz CT molecular complexity index is 488. The van der Waals surface area contributed by atoms with Crippen LogP contribution in [0.15, 0.2) is 17.5 Å². The lowest BCUT2D eigenvalue weighted by atomic mass is 10.1. The van der Waals surface area contributed by atoms with Gasteiger partial charge in [0.15, 0.2) is 0 Å². The summed E-state index contributed by atoms with van der Waals surface area (Å²) in [6.07, 6.45) is 2.43. The summed E-state index contributed by atoms with van der Waals surface area (Å²) in [7, 11) is 0. The van der Waals surface area contributed by atoms with Crippen LogP contribution in [0.3, 0.4) is 0 Å². The number of nitrogens with zero attached hydrogens (tertiary/aromatic N) is 1. The van der Waals surface area contributed by atoms with E-state index in [1.807, 2.05) is 29.3 Å². The Labute approximate surface area is 135 Å². The van der Waals surface area contributed by atoms with E-state index in [1.165, 1.54) is 6.92 Å². The van der Waals surface area contributed by atoms with Crippen LogP contribution in [-0.2, 0) is 14.3 Å². The fraction of sp³-hybridized carbons (Fsp3) is 0.625. The quantitative estimate of drug-likeness (QED) is 0.874. The molecule has 0 bridgehead atoms. The first-order valence-electron chi connectivity index (χ1n) is 7.80. The zero-order valence-corrected chi connectivity index (χ0v) is 14.0. The molecule has 1 aromatic heterocycles. The molecule has 0 aromatic carbocycles. The largest absolute Gasteiger partial charge is 0.377 e. The first-order valence-corrected chi connectivity index (χ1v) is 8.68. The maximum atomic E-state index is 12.6. The second kappa shape index (κ2) is 8.29. The summed E-state index contributed by atoms with van der Waals surface area (Å²) in [5, 5.41) is 4.84. The standard InChI is InChI=1S/C16H24N2O3S/c1-3-21-13-6-4-8-18(11-13)16(20)10-14(17-12(2)19)15-7-5-9-22-15/h5,7,9,13-14H,3-4,6,8,10-11H2,1-2H3,(H,17,19). The van der Waals surface area contributed by atoms with Gasteiger partial charge in [-0.3, -0.25) is 9.59 Å². The number of piperidine rings is 1. The second-order valence-corrected chi connectivity index (χ2v) is 6.51. The van der Waals surface area contributed by atoms with Gasteiger partial charge >= 0.3 is 0 Å². The van der Waals surface area contributed by atoms with Crippen molar-refractivity contribution in [2.24, 2.45) is 0 Å². The maximum absolute atomic E-state index is 12.6. The lowest BCUT2D eigenvalue weighted by Gasteiger charge is -2.33. The highest BCUT2D eigenvalue weighted by molar-refractivity contribution is 7.10. The predicted molar refractivity (Wildman–Crippen MR) is 86.7 cm³/mol. The molecule has 0 spiro atoms. The van der Waals surface area contributed by atoms with Gasteiger partial charge in [-0.05, 0) is 31.2 Å². The summed E-state index contributed by atoms with van der Waals surface area (Å²) in [5.41, 5.74) is 0. The van der Waals surface area contributed by atoms with Crippen molar-refractivity contribution in [2.75, 3.05) is 19.7 Å². The minimum absolute atomic E-state index is 0.0801. The molecule has 1 aliphatic rings. The second-order valence-electron chi connectivity index (χ2n) is 5.53. The SMILES string of the molecule is CCOC1CCCN(C(=O)CC(NC(C)=O)c2cccs2)C1. The molecule has 2 heterocycles. The third-order valence-electron chi connectivity index (χ3n) is 3.78. The van der Waals surface area contributed by atoms with Crippen molar-refractivity contribution in [1.82, 2.24) is 10.2 Å². The third-order valence-corrected chi connectivity index (χ3v) is 4.76. The first-order chi connectivity index (χ1) is 10.6. The molecule has 2 unspecified atom stereocenters. The number of thiophene rings is 1. The lowest BCUT2D eigenvalue weighted by molar-refractivity contribution is -0.136. The van der Waals surface area contributed by atoms with Crippen molar-refractivity contribution in [1.29, 1.82) is 0 Å². The van der Waals surface area contributed by atoms with Crippen LogP contribution in [0.1, 0.15) is 44.0 Å². The number of hydrogen-bond donors (Lipinski definition) is 1. The number of likely N-dealkylation sites (tertiary alicyclic amines) is 1. The van der Waals surface area contributed by atoms with E-state index in [1.54, 1.807) is 11.3 Å². The predicted octanol–water partition coefficient (Wildman–Crippen LogP) is 2.34. The van der Waals surface area contributed by atoms with E-state index >= 15 is 0 Å². The van der Waals surface area contributed by atoms with Gasteiger partial charge in [-0.1, -0.05) is 6.07 Å². The van der Waals surface area contributed by atoms with Crippen LogP contribution < -0.4 is 5.32 Å². The number of carbonyl (C=O) groups excluding carboxylic acids is 2. The van der Waals surface area contributed by atoms with Gasteiger partial charge in [0.05, 0.1) is 18.6 Å². The summed E-state index contributed by atoms with van der Waals surface area (Å²) >= 11 is 1.56. The number of hydrogen-bond acceptors (Lipinski definition) is 4. The van der Waals surface area contributed by atoms with Crippen molar-refractivity contribution in [3.05, 3.63) is 22.4 Å². The van der Waals surface area contributed by atoms with Crippen molar-refractivity contribution in [2.45, 2.75) is 45.3 Å². The molecule has 22 heavy (non-hydrogen) atoms. The van der Waals surface area contributed by atoms with Crippen LogP contribution in [0, 0.1) is 0 Å². The van der Waals surface area contributed by atoms with Crippen molar-refractivity contribution >= 4 is 23.2 Å². The van der Waals surface area contributed by atoms with E-state index in [0.29, 0.717) is 19.6 Å². The fourth-order valence-electron chi connectivity index (χ4n) is 2.80. The Kier molecular flexibility index (Phi) is 6.39. The molecular formula is C16H24N2O3S. The number of carbonyl (C=O) groups is 2. The van der Waals surface area contributed by atoms with Crippen LogP contribution >= 0.6 is 11.3 Å². The highest BCUT2D eigenvalue weighted by atomic mass is 32.1.